The number of rotatable bonds is 6. The minimum atomic E-state index is 0.204. The number of hydrogen-bond acceptors (Lipinski definition) is 4. The van der Waals surface area contributed by atoms with Gasteiger partial charge in [-0.1, -0.05) is 18.9 Å². The van der Waals surface area contributed by atoms with Crippen LogP contribution in [0.5, 0.6) is 11.5 Å². The van der Waals surface area contributed by atoms with Gasteiger partial charge in [0.05, 0.1) is 7.11 Å². The maximum absolute atomic E-state index is 9.78. The van der Waals surface area contributed by atoms with Crippen LogP contribution in [0, 0.1) is 0 Å². The van der Waals surface area contributed by atoms with E-state index in [0.29, 0.717) is 11.3 Å². The summed E-state index contributed by atoms with van der Waals surface area (Å²) in [6.07, 6.45) is 5.17. The van der Waals surface area contributed by atoms with E-state index in [2.05, 4.69) is 24.3 Å². The summed E-state index contributed by atoms with van der Waals surface area (Å²) >= 11 is 0. The van der Waals surface area contributed by atoms with Crippen LogP contribution in [0.1, 0.15) is 31.2 Å². The predicted molar refractivity (Wildman–Crippen MR) is 81.3 cm³/mol. The van der Waals surface area contributed by atoms with Gasteiger partial charge in [0.1, 0.15) is 0 Å². The summed E-state index contributed by atoms with van der Waals surface area (Å²) < 4.78 is 5.06. The van der Waals surface area contributed by atoms with Crippen molar-refractivity contribution in [3.63, 3.8) is 0 Å². The molecule has 4 heteroatoms. The summed E-state index contributed by atoms with van der Waals surface area (Å²) in [7, 11) is 5.91. The number of benzene rings is 1. The third kappa shape index (κ3) is 3.25. The number of likely N-dealkylation sites (N-methyl/N-ethyl adjacent to an activating group) is 1. The van der Waals surface area contributed by atoms with Gasteiger partial charge in [-0.05, 0) is 44.6 Å². The molecule has 0 aromatic heterocycles. The standard InChI is InChI=1S/C16H26N2O2/c1-18(2)16(8-4-5-9-16)12-17-11-13-6-7-15(20-3)14(19)10-13/h6-7,10,17,19H,4-5,8-9,11-12H2,1-3H3. The Balaban J connectivity index is 1.90. The Morgan fingerprint density at radius 2 is 2.00 bits per heavy atom. The molecule has 0 aliphatic heterocycles. The van der Waals surface area contributed by atoms with Gasteiger partial charge in [0, 0.05) is 18.6 Å². The smallest absolute Gasteiger partial charge is 0.160 e. The normalized spacial score (nSPS) is 17.6. The van der Waals surface area contributed by atoms with Crippen molar-refractivity contribution in [2.24, 2.45) is 0 Å². The highest BCUT2D eigenvalue weighted by atomic mass is 16.5. The van der Waals surface area contributed by atoms with Crippen LogP contribution in [0.3, 0.4) is 0 Å². The third-order valence-electron chi connectivity index (χ3n) is 4.51. The molecular weight excluding hydrogens is 252 g/mol. The minimum Gasteiger partial charge on any atom is -0.504 e. The van der Waals surface area contributed by atoms with Crippen LogP contribution in [-0.2, 0) is 6.54 Å². The van der Waals surface area contributed by atoms with Crippen molar-refractivity contribution in [1.82, 2.24) is 10.2 Å². The highest BCUT2D eigenvalue weighted by Gasteiger charge is 2.35. The number of nitrogens with zero attached hydrogens (tertiary/aromatic N) is 1. The molecule has 1 saturated carbocycles. The Hall–Kier alpha value is -1.26. The van der Waals surface area contributed by atoms with E-state index in [4.69, 9.17) is 4.74 Å². The van der Waals surface area contributed by atoms with Crippen LogP contribution in [0.15, 0.2) is 18.2 Å². The van der Waals surface area contributed by atoms with Crippen molar-refractivity contribution >= 4 is 0 Å². The molecule has 4 nitrogen and oxygen atoms in total. The number of nitrogens with one attached hydrogen (secondary N) is 1. The van der Waals surface area contributed by atoms with Gasteiger partial charge >= 0.3 is 0 Å². The number of methoxy groups -OCH3 is 1. The Morgan fingerprint density at radius 1 is 1.30 bits per heavy atom. The molecule has 20 heavy (non-hydrogen) atoms. The first kappa shape index (κ1) is 15.1. The van der Waals surface area contributed by atoms with Crippen molar-refractivity contribution in [2.45, 2.75) is 37.8 Å². The van der Waals surface area contributed by atoms with Gasteiger partial charge in [-0.25, -0.2) is 0 Å². The zero-order valence-electron chi connectivity index (χ0n) is 12.8. The Labute approximate surface area is 121 Å². The van der Waals surface area contributed by atoms with Gasteiger partial charge in [0.15, 0.2) is 11.5 Å². The van der Waals surface area contributed by atoms with Gasteiger partial charge in [-0.15, -0.1) is 0 Å². The van der Waals surface area contributed by atoms with Gasteiger partial charge in [0.2, 0.25) is 0 Å². The van der Waals surface area contributed by atoms with Gasteiger partial charge < -0.3 is 20.1 Å². The summed E-state index contributed by atoms with van der Waals surface area (Å²) in [5.74, 6) is 0.726. The third-order valence-corrected chi connectivity index (χ3v) is 4.51. The molecule has 1 aromatic rings. The van der Waals surface area contributed by atoms with Crippen molar-refractivity contribution in [3.8, 4) is 11.5 Å². The van der Waals surface area contributed by atoms with Crippen LogP contribution in [0.2, 0.25) is 0 Å². The van der Waals surface area contributed by atoms with E-state index < -0.39 is 0 Å². The topological polar surface area (TPSA) is 44.7 Å². The molecule has 112 valence electrons. The average Bonchev–Trinajstić information content (AvgIpc) is 2.89. The molecule has 2 rings (SSSR count). The number of hydrogen-bond donors (Lipinski definition) is 2. The van der Waals surface area contributed by atoms with Crippen molar-refractivity contribution in [3.05, 3.63) is 23.8 Å². The summed E-state index contributed by atoms with van der Waals surface area (Å²) in [4.78, 5) is 2.36. The fourth-order valence-electron chi connectivity index (χ4n) is 3.10. The first-order chi connectivity index (χ1) is 9.57. The van der Waals surface area contributed by atoms with Gasteiger partial charge in [-0.2, -0.15) is 0 Å². The zero-order chi connectivity index (χ0) is 14.6. The largest absolute Gasteiger partial charge is 0.504 e. The van der Waals surface area contributed by atoms with Crippen LogP contribution in [-0.4, -0.2) is 43.3 Å². The molecule has 0 heterocycles. The molecule has 1 aliphatic carbocycles. The first-order valence-corrected chi connectivity index (χ1v) is 7.31. The Bertz CT molecular complexity index is 440. The zero-order valence-corrected chi connectivity index (χ0v) is 12.8. The van der Waals surface area contributed by atoms with Gasteiger partial charge in [-0.3, -0.25) is 0 Å². The summed E-state index contributed by atoms with van der Waals surface area (Å²) in [5.41, 5.74) is 1.38. The Morgan fingerprint density at radius 3 is 2.55 bits per heavy atom. The number of ether oxygens (including phenoxy) is 1. The number of phenolic OH excluding ortho intramolecular Hbond substituents is 1. The predicted octanol–water partition coefficient (Wildman–Crippen LogP) is 2.36. The van der Waals surface area contributed by atoms with Gasteiger partial charge in [0.25, 0.3) is 0 Å². The SMILES string of the molecule is COc1ccc(CNCC2(N(C)C)CCCC2)cc1O. The minimum absolute atomic E-state index is 0.204. The second-order valence-corrected chi connectivity index (χ2v) is 5.94. The van der Waals surface area contributed by atoms with Crippen molar-refractivity contribution in [2.75, 3.05) is 27.7 Å². The van der Waals surface area contributed by atoms with Crippen LogP contribution < -0.4 is 10.1 Å². The molecule has 0 spiro atoms. The maximum atomic E-state index is 9.78. The fraction of sp³-hybridized carbons (Fsp3) is 0.625. The molecule has 1 aliphatic rings. The molecule has 0 saturated heterocycles. The highest BCUT2D eigenvalue weighted by molar-refractivity contribution is 5.41. The van der Waals surface area contributed by atoms with Crippen LogP contribution >= 0.6 is 0 Å². The average molecular weight is 278 g/mol. The first-order valence-electron chi connectivity index (χ1n) is 7.31. The highest BCUT2D eigenvalue weighted by Crippen LogP contribution is 2.33. The molecule has 1 fully saturated rings. The Kier molecular flexibility index (Phi) is 4.89. The van der Waals surface area contributed by atoms with E-state index in [1.54, 1.807) is 13.2 Å². The summed E-state index contributed by atoms with van der Waals surface area (Å²) in [5, 5.41) is 13.3. The lowest BCUT2D eigenvalue weighted by atomic mass is 9.96. The lowest BCUT2D eigenvalue weighted by Crippen LogP contribution is -2.49. The quantitative estimate of drug-likeness (QED) is 0.838. The van der Waals surface area contributed by atoms with E-state index in [1.165, 1.54) is 25.7 Å². The van der Waals surface area contributed by atoms with E-state index in [-0.39, 0.29) is 5.75 Å². The summed E-state index contributed by atoms with van der Waals surface area (Å²) in [6, 6.07) is 5.56. The van der Waals surface area contributed by atoms with Crippen LogP contribution in [0.25, 0.3) is 0 Å². The van der Waals surface area contributed by atoms with E-state index in [9.17, 15) is 5.11 Å². The van der Waals surface area contributed by atoms with E-state index in [0.717, 1.165) is 18.7 Å². The van der Waals surface area contributed by atoms with E-state index in [1.807, 2.05) is 12.1 Å². The lowest BCUT2D eigenvalue weighted by Gasteiger charge is -2.36. The lowest BCUT2D eigenvalue weighted by molar-refractivity contribution is 0.153. The molecule has 0 amide bonds. The summed E-state index contributed by atoms with van der Waals surface area (Å²) in [6.45, 7) is 1.76. The number of aromatic hydroxyl groups is 1. The molecular formula is C16H26N2O2. The monoisotopic (exact) mass is 278 g/mol. The number of phenols is 1. The van der Waals surface area contributed by atoms with Crippen LogP contribution in [0.4, 0.5) is 0 Å². The van der Waals surface area contributed by atoms with E-state index >= 15 is 0 Å². The van der Waals surface area contributed by atoms with Crippen molar-refractivity contribution in [1.29, 1.82) is 0 Å². The molecule has 0 atom stereocenters. The molecule has 2 N–H and O–H groups in total. The second kappa shape index (κ2) is 6.46. The molecule has 0 radical (unpaired) electrons. The molecule has 0 unspecified atom stereocenters. The maximum Gasteiger partial charge on any atom is 0.160 e. The molecule has 1 aromatic carbocycles. The second-order valence-electron chi connectivity index (χ2n) is 5.94. The fourth-order valence-corrected chi connectivity index (χ4v) is 3.10. The molecule has 0 bridgehead atoms. The van der Waals surface area contributed by atoms with Crippen molar-refractivity contribution < 1.29 is 9.84 Å².